The van der Waals surface area contributed by atoms with E-state index in [1.165, 1.54) is 0 Å². The van der Waals surface area contributed by atoms with Crippen LogP contribution in [0.25, 0.3) is 5.57 Å². The lowest BCUT2D eigenvalue weighted by Gasteiger charge is -2.29. The van der Waals surface area contributed by atoms with Gasteiger partial charge in [-0.15, -0.1) is 0 Å². The molecule has 2 aliphatic heterocycles. The highest BCUT2D eigenvalue weighted by Gasteiger charge is 2.33. The van der Waals surface area contributed by atoms with Gasteiger partial charge in [0.05, 0.1) is 24.5 Å². The third-order valence-corrected chi connectivity index (χ3v) is 3.59. The molecule has 0 saturated carbocycles. The SMILES string of the molecule is C=C1OC(=O)C(c2ccc(C)cc2)=C1N1CCOCC1. The van der Waals surface area contributed by atoms with Crippen LogP contribution in [0.3, 0.4) is 0 Å². The van der Waals surface area contributed by atoms with E-state index >= 15 is 0 Å². The summed E-state index contributed by atoms with van der Waals surface area (Å²) in [5.74, 6) is 0.118. The Bertz CT molecular complexity index is 580. The van der Waals surface area contributed by atoms with Crippen molar-refractivity contribution in [3.63, 3.8) is 0 Å². The third-order valence-electron chi connectivity index (χ3n) is 3.59. The molecular weight excluding hydrogens is 254 g/mol. The maximum atomic E-state index is 12.1. The van der Waals surface area contributed by atoms with Crippen molar-refractivity contribution >= 4 is 11.5 Å². The van der Waals surface area contributed by atoms with Crippen LogP contribution in [0.2, 0.25) is 0 Å². The number of ether oxygens (including phenoxy) is 2. The summed E-state index contributed by atoms with van der Waals surface area (Å²) in [5, 5.41) is 0. The van der Waals surface area contributed by atoms with Gasteiger partial charge in [0.2, 0.25) is 0 Å². The molecule has 0 unspecified atom stereocenters. The van der Waals surface area contributed by atoms with Crippen LogP contribution in [0.4, 0.5) is 0 Å². The molecule has 20 heavy (non-hydrogen) atoms. The molecule has 0 bridgehead atoms. The van der Waals surface area contributed by atoms with Gasteiger partial charge in [-0.1, -0.05) is 36.4 Å². The van der Waals surface area contributed by atoms with E-state index in [4.69, 9.17) is 9.47 Å². The third kappa shape index (κ3) is 2.23. The van der Waals surface area contributed by atoms with Crippen molar-refractivity contribution in [3.8, 4) is 0 Å². The van der Waals surface area contributed by atoms with Crippen LogP contribution in [-0.4, -0.2) is 37.2 Å². The highest BCUT2D eigenvalue weighted by Crippen LogP contribution is 2.34. The van der Waals surface area contributed by atoms with Gasteiger partial charge < -0.3 is 14.4 Å². The number of benzene rings is 1. The van der Waals surface area contributed by atoms with Gasteiger partial charge >= 0.3 is 5.97 Å². The smallest absolute Gasteiger partial charge is 0.346 e. The zero-order valence-electron chi connectivity index (χ0n) is 11.5. The standard InChI is InChI=1S/C16H17NO3/c1-11-3-5-13(6-4-11)14-15(12(2)20-16(14)18)17-7-9-19-10-8-17/h3-6H,2,7-10H2,1H3. The van der Waals surface area contributed by atoms with Crippen molar-refractivity contribution in [2.75, 3.05) is 26.3 Å². The maximum Gasteiger partial charge on any atom is 0.346 e. The van der Waals surface area contributed by atoms with Crippen LogP contribution >= 0.6 is 0 Å². The number of cyclic esters (lactones) is 1. The Morgan fingerprint density at radius 2 is 1.80 bits per heavy atom. The van der Waals surface area contributed by atoms with Crippen LogP contribution in [0.1, 0.15) is 11.1 Å². The van der Waals surface area contributed by atoms with Crippen molar-refractivity contribution in [1.29, 1.82) is 0 Å². The van der Waals surface area contributed by atoms with Crippen LogP contribution < -0.4 is 0 Å². The Morgan fingerprint density at radius 1 is 1.15 bits per heavy atom. The number of rotatable bonds is 2. The molecule has 104 valence electrons. The number of hydrogen-bond donors (Lipinski definition) is 0. The average Bonchev–Trinajstić information content (AvgIpc) is 2.75. The first-order valence-corrected chi connectivity index (χ1v) is 6.72. The predicted molar refractivity (Wildman–Crippen MR) is 75.7 cm³/mol. The minimum atomic E-state index is -0.319. The lowest BCUT2D eigenvalue weighted by atomic mass is 10.0. The number of morpholine rings is 1. The normalized spacial score (nSPS) is 19.6. The first-order chi connectivity index (χ1) is 9.66. The van der Waals surface area contributed by atoms with E-state index in [0.717, 1.165) is 29.9 Å². The molecule has 0 radical (unpaired) electrons. The van der Waals surface area contributed by atoms with Gasteiger partial charge in [0, 0.05) is 13.1 Å². The first-order valence-electron chi connectivity index (χ1n) is 6.72. The van der Waals surface area contributed by atoms with Gasteiger partial charge in [-0.05, 0) is 12.5 Å². The molecule has 3 rings (SSSR count). The van der Waals surface area contributed by atoms with Gasteiger partial charge in [-0.3, -0.25) is 0 Å². The Balaban J connectivity index is 2.05. The van der Waals surface area contributed by atoms with Gasteiger partial charge in [0.15, 0.2) is 0 Å². The van der Waals surface area contributed by atoms with Crippen molar-refractivity contribution in [2.45, 2.75) is 6.92 Å². The number of hydrogen-bond acceptors (Lipinski definition) is 4. The minimum Gasteiger partial charge on any atom is -0.421 e. The van der Waals surface area contributed by atoms with Gasteiger partial charge in [-0.2, -0.15) is 0 Å². The molecule has 0 aliphatic carbocycles. The average molecular weight is 271 g/mol. The molecular formula is C16H17NO3. The fraction of sp³-hybridized carbons (Fsp3) is 0.312. The Hall–Kier alpha value is -2.07. The molecule has 0 atom stereocenters. The zero-order chi connectivity index (χ0) is 14.1. The topological polar surface area (TPSA) is 38.8 Å². The summed E-state index contributed by atoms with van der Waals surface area (Å²) in [5.41, 5.74) is 3.45. The van der Waals surface area contributed by atoms with E-state index in [2.05, 4.69) is 11.5 Å². The van der Waals surface area contributed by atoms with Crippen molar-refractivity contribution in [1.82, 2.24) is 4.90 Å². The molecule has 2 heterocycles. The van der Waals surface area contributed by atoms with E-state index in [9.17, 15) is 4.79 Å². The first kappa shape index (κ1) is 12.9. The number of carbonyl (C=O) groups is 1. The molecule has 0 aromatic heterocycles. The fourth-order valence-electron chi connectivity index (χ4n) is 2.54. The molecule has 0 N–H and O–H groups in total. The molecule has 1 saturated heterocycles. The Kier molecular flexibility index (Phi) is 3.32. The molecule has 0 amide bonds. The van der Waals surface area contributed by atoms with E-state index in [1.807, 2.05) is 31.2 Å². The maximum absolute atomic E-state index is 12.1. The second-order valence-corrected chi connectivity index (χ2v) is 5.00. The lowest BCUT2D eigenvalue weighted by Crippen LogP contribution is -2.36. The summed E-state index contributed by atoms with van der Waals surface area (Å²) in [4.78, 5) is 14.2. The second-order valence-electron chi connectivity index (χ2n) is 5.00. The second kappa shape index (κ2) is 5.13. The number of aryl methyl sites for hydroxylation is 1. The van der Waals surface area contributed by atoms with Crippen LogP contribution in [-0.2, 0) is 14.3 Å². The molecule has 4 heteroatoms. The number of carbonyl (C=O) groups excluding carboxylic acids is 1. The van der Waals surface area contributed by atoms with E-state index in [-0.39, 0.29) is 5.97 Å². The van der Waals surface area contributed by atoms with E-state index in [0.29, 0.717) is 24.5 Å². The minimum absolute atomic E-state index is 0.319. The van der Waals surface area contributed by atoms with Crippen LogP contribution in [0, 0.1) is 6.92 Å². The summed E-state index contributed by atoms with van der Waals surface area (Å²) in [6.45, 7) is 8.71. The fourth-order valence-corrected chi connectivity index (χ4v) is 2.54. The molecule has 1 aromatic carbocycles. The van der Waals surface area contributed by atoms with Crippen molar-refractivity contribution in [3.05, 3.63) is 53.4 Å². The molecule has 1 aromatic rings. The van der Waals surface area contributed by atoms with Crippen molar-refractivity contribution in [2.24, 2.45) is 0 Å². The van der Waals surface area contributed by atoms with Gasteiger partial charge in [-0.25, -0.2) is 4.79 Å². The highest BCUT2D eigenvalue weighted by molar-refractivity contribution is 6.20. The molecule has 0 spiro atoms. The monoisotopic (exact) mass is 271 g/mol. The van der Waals surface area contributed by atoms with Crippen molar-refractivity contribution < 1.29 is 14.3 Å². The predicted octanol–water partition coefficient (Wildman–Crippen LogP) is 2.11. The summed E-state index contributed by atoms with van der Waals surface area (Å²) in [7, 11) is 0. The molecule has 2 aliphatic rings. The Morgan fingerprint density at radius 3 is 2.45 bits per heavy atom. The lowest BCUT2D eigenvalue weighted by molar-refractivity contribution is -0.131. The van der Waals surface area contributed by atoms with Gasteiger partial charge in [0.25, 0.3) is 0 Å². The zero-order valence-corrected chi connectivity index (χ0v) is 11.5. The number of esters is 1. The molecule has 1 fully saturated rings. The molecule has 4 nitrogen and oxygen atoms in total. The van der Waals surface area contributed by atoms with Crippen LogP contribution in [0.15, 0.2) is 42.3 Å². The quantitative estimate of drug-likeness (QED) is 0.772. The Labute approximate surface area is 118 Å². The highest BCUT2D eigenvalue weighted by atomic mass is 16.5. The number of nitrogens with zero attached hydrogens (tertiary/aromatic N) is 1. The summed E-state index contributed by atoms with van der Waals surface area (Å²) < 4.78 is 10.6. The van der Waals surface area contributed by atoms with Gasteiger partial charge in [0.1, 0.15) is 5.76 Å². The summed E-state index contributed by atoms with van der Waals surface area (Å²) in [6.07, 6.45) is 0. The van der Waals surface area contributed by atoms with E-state index < -0.39 is 0 Å². The summed E-state index contributed by atoms with van der Waals surface area (Å²) in [6, 6.07) is 7.89. The van der Waals surface area contributed by atoms with E-state index in [1.54, 1.807) is 0 Å². The summed E-state index contributed by atoms with van der Waals surface area (Å²) >= 11 is 0. The van der Waals surface area contributed by atoms with Crippen LogP contribution in [0.5, 0.6) is 0 Å². The largest absolute Gasteiger partial charge is 0.421 e.